The number of amides is 3. The molecular formula is C30H37N3O7. The van der Waals surface area contributed by atoms with Gasteiger partial charge in [-0.3, -0.25) is 14.4 Å². The van der Waals surface area contributed by atoms with E-state index in [4.69, 9.17) is 14.2 Å². The first-order valence-corrected chi connectivity index (χ1v) is 13.9. The number of carbonyl (C=O) groups is 3. The van der Waals surface area contributed by atoms with Crippen LogP contribution < -0.4 is 20.1 Å². The van der Waals surface area contributed by atoms with Crippen LogP contribution in [0, 0.1) is 11.8 Å². The van der Waals surface area contributed by atoms with Gasteiger partial charge >= 0.3 is 0 Å². The molecule has 10 nitrogen and oxygen atoms in total. The molecule has 40 heavy (non-hydrogen) atoms. The van der Waals surface area contributed by atoms with Crippen molar-refractivity contribution in [2.45, 2.75) is 56.8 Å². The van der Waals surface area contributed by atoms with E-state index in [2.05, 4.69) is 10.6 Å². The van der Waals surface area contributed by atoms with Crippen molar-refractivity contribution in [3.05, 3.63) is 48.5 Å². The molecule has 2 aromatic rings. The molecule has 10 heteroatoms. The smallest absolute Gasteiger partial charge is 0.250 e. The SMILES string of the molecule is CCOc1ccc(NC(=O)[C@H]2[C@H]3C(=O)N(CCCCO)C(C(=O)Nc4ccc(OC)cc4)C34CC[C@]2(C)O4)cc1. The van der Waals surface area contributed by atoms with Crippen LogP contribution >= 0.6 is 0 Å². The van der Waals surface area contributed by atoms with E-state index in [1.807, 2.05) is 13.8 Å². The third kappa shape index (κ3) is 4.79. The molecule has 3 N–H and O–H groups in total. The molecule has 0 aliphatic carbocycles. The van der Waals surface area contributed by atoms with E-state index in [1.54, 1.807) is 60.5 Å². The van der Waals surface area contributed by atoms with Crippen LogP contribution in [0.2, 0.25) is 0 Å². The van der Waals surface area contributed by atoms with Gasteiger partial charge in [-0.1, -0.05) is 0 Å². The summed E-state index contributed by atoms with van der Waals surface area (Å²) < 4.78 is 17.3. The second-order valence-electron chi connectivity index (χ2n) is 10.9. The summed E-state index contributed by atoms with van der Waals surface area (Å²) in [6.07, 6.45) is 2.06. The molecule has 1 spiro atoms. The van der Waals surface area contributed by atoms with Crippen molar-refractivity contribution in [3.63, 3.8) is 0 Å². The average Bonchev–Trinajstić information content (AvgIpc) is 3.51. The highest BCUT2D eigenvalue weighted by atomic mass is 16.5. The number of likely N-dealkylation sites (tertiary alicyclic amines) is 1. The number of aliphatic hydroxyl groups is 1. The van der Waals surface area contributed by atoms with Gasteiger partial charge in [0.1, 0.15) is 23.1 Å². The number of nitrogens with zero attached hydrogens (tertiary/aromatic N) is 1. The molecule has 2 bridgehead atoms. The predicted octanol–water partition coefficient (Wildman–Crippen LogP) is 3.21. The van der Waals surface area contributed by atoms with Crippen molar-refractivity contribution in [2.75, 3.05) is 37.5 Å². The summed E-state index contributed by atoms with van der Waals surface area (Å²) in [7, 11) is 1.57. The quantitative estimate of drug-likeness (QED) is 0.366. The van der Waals surface area contributed by atoms with E-state index < -0.39 is 29.1 Å². The minimum absolute atomic E-state index is 0.0129. The summed E-state index contributed by atoms with van der Waals surface area (Å²) in [5.41, 5.74) is -0.849. The Hall–Kier alpha value is -3.63. The molecule has 3 saturated heterocycles. The summed E-state index contributed by atoms with van der Waals surface area (Å²) >= 11 is 0. The lowest BCUT2D eigenvalue weighted by molar-refractivity contribution is -0.143. The van der Waals surface area contributed by atoms with E-state index in [-0.39, 0.29) is 30.9 Å². The minimum Gasteiger partial charge on any atom is -0.497 e. The summed E-state index contributed by atoms with van der Waals surface area (Å²) in [4.78, 5) is 43.2. The maximum absolute atomic E-state index is 14.0. The number of hydrogen-bond acceptors (Lipinski definition) is 7. The van der Waals surface area contributed by atoms with Crippen molar-refractivity contribution in [1.29, 1.82) is 0 Å². The van der Waals surface area contributed by atoms with Crippen LogP contribution in [0.4, 0.5) is 11.4 Å². The number of nitrogens with one attached hydrogen (secondary N) is 2. The lowest BCUT2D eigenvalue weighted by Crippen LogP contribution is -2.53. The zero-order valence-electron chi connectivity index (χ0n) is 23.1. The number of fused-ring (bicyclic) bond motifs is 1. The Balaban J connectivity index is 1.43. The third-order valence-corrected chi connectivity index (χ3v) is 8.40. The average molecular weight is 552 g/mol. The van der Waals surface area contributed by atoms with Crippen molar-refractivity contribution < 1.29 is 33.7 Å². The van der Waals surface area contributed by atoms with Crippen molar-refractivity contribution in [3.8, 4) is 11.5 Å². The van der Waals surface area contributed by atoms with Gasteiger partial charge < -0.3 is 34.9 Å². The van der Waals surface area contributed by atoms with Gasteiger partial charge in [0.15, 0.2) is 0 Å². The molecule has 3 aliphatic rings. The molecule has 2 aromatic carbocycles. The fourth-order valence-corrected chi connectivity index (χ4v) is 6.67. The number of unbranched alkanes of at least 4 members (excludes halogenated alkanes) is 1. The first-order valence-electron chi connectivity index (χ1n) is 13.9. The molecule has 3 aliphatic heterocycles. The van der Waals surface area contributed by atoms with Crippen molar-refractivity contribution >= 4 is 29.1 Å². The second kappa shape index (κ2) is 11.1. The maximum atomic E-state index is 14.0. The molecule has 214 valence electrons. The van der Waals surface area contributed by atoms with Crippen molar-refractivity contribution in [2.24, 2.45) is 11.8 Å². The van der Waals surface area contributed by atoms with E-state index in [0.29, 0.717) is 55.2 Å². The predicted molar refractivity (Wildman–Crippen MR) is 148 cm³/mol. The first kappa shape index (κ1) is 27.9. The molecule has 0 saturated carbocycles. The molecule has 3 amide bonds. The number of carbonyl (C=O) groups excluding carboxylic acids is 3. The highest BCUT2D eigenvalue weighted by molar-refractivity contribution is 6.05. The maximum Gasteiger partial charge on any atom is 0.250 e. The van der Waals surface area contributed by atoms with Crippen LogP contribution in [0.15, 0.2) is 48.5 Å². The number of ether oxygens (including phenoxy) is 3. The van der Waals surface area contributed by atoms with E-state index >= 15 is 0 Å². The highest BCUT2D eigenvalue weighted by Gasteiger charge is 2.77. The summed E-state index contributed by atoms with van der Waals surface area (Å²) in [6.45, 7) is 4.58. The number of aliphatic hydroxyl groups excluding tert-OH is 1. The zero-order valence-corrected chi connectivity index (χ0v) is 23.1. The van der Waals surface area contributed by atoms with Gasteiger partial charge in [0.2, 0.25) is 17.7 Å². The van der Waals surface area contributed by atoms with Gasteiger partial charge in [-0.15, -0.1) is 0 Å². The van der Waals surface area contributed by atoms with Gasteiger partial charge in [0, 0.05) is 24.5 Å². The normalized spacial score (nSPS) is 28.4. The van der Waals surface area contributed by atoms with E-state index in [1.165, 1.54) is 0 Å². The molecule has 5 rings (SSSR count). The Kier molecular flexibility index (Phi) is 7.74. The number of rotatable bonds is 11. The van der Waals surface area contributed by atoms with Crippen LogP contribution in [-0.2, 0) is 19.1 Å². The minimum atomic E-state index is -1.12. The topological polar surface area (TPSA) is 126 Å². The molecule has 0 aromatic heterocycles. The van der Waals surface area contributed by atoms with E-state index in [0.717, 1.165) is 0 Å². The lowest BCUT2D eigenvalue weighted by Gasteiger charge is -2.33. The van der Waals surface area contributed by atoms with E-state index in [9.17, 15) is 19.5 Å². The van der Waals surface area contributed by atoms with Gasteiger partial charge in [-0.05, 0) is 88.1 Å². The molecule has 0 radical (unpaired) electrons. The van der Waals surface area contributed by atoms with Gasteiger partial charge in [-0.2, -0.15) is 0 Å². The van der Waals surface area contributed by atoms with Gasteiger partial charge in [0.05, 0.1) is 31.2 Å². The highest BCUT2D eigenvalue weighted by Crippen LogP contribution is 2.63. The fraction of sp³-hybridized carbons (Fsp3) is 0.500. The number of hydrogen-bond donors (Lipinski definition) is 3. The monoisotopic (exact) mass is 551 g/mol. The standard InChI is InChI=1S/C30H37N3O7/c1-4-39-22-13-9-19(10-14-22)31-26(35)23-24-28(37)33(17-5-6-18-34)25(30(24)16-15-29(23,2)40-30)27(36)32-20-7-11-21(38-3)12-8-20/h7-14,23-25,34H,4-6,15-18H2,1-3H3,(H,31,35)(H,32,36)/t23-,24+,25?,29+,30?/m1/s1. The molecule has 5 atom stereocenters. The Bertz CT molecular complexity index is 1250. The largest absolute Gasteiger partial charge is 0.497 e. The molecule has 2 unspecified atom stereocenters. The number of methoxy groups -OCH3 is 1. The zero-order chi connectivity index (χ0) is 28.5. The Morgan fingerprint density at radius 3 is 2.23 bits per heavy atom. The molecular weight excluding hydrogens is 514 g/mol. The van der Waals surface area contributed by atoms with Crippen LogP contribution in [0.1, 0.15) is 39.5 Å². The fourth-order valence-electron chi connectivity index (χ4n) is 6.67. The van der Waals surface area contributed by atoms with Crippen LogP contribution in [0.3, 0.4) is 0 Å². The van der Waals surface area contributed by atoms with Crippen LogP contribution in [-0.4, -0.2) is 71.8 Å². The summed E-state index contributed by atoms with van der Waals surface area (Å²) in [5, 5.41) is 15.3. The van der Waals surface area contributed by atoms with Crippen LogP contribution in [0.25, 0.3) is 0 Å². The van der Waals surface area contributed by atoms with Gasteiger partial charge in [-0.25, -0.2) is 0 Å². The van der Waals surface area contributed by atoms with Gasteiger partial charge in [0.25, 0.3) is 0 Å². The third-order valence-electron chi connectivity index (χ3n) is 8.40. The Morgan fingerprint density at radius 1 is 1.00 bits per heavy atom. The lowest BCUT2D eigenvalue weighted by atomic mass is 9.66. The molecule has 3 fully saturated rings. The summed E-state index contributed by atoms with van der Waals surface area (Å²) in [5.74, 6) is -1.13. The number of anilines is 2. The summed E-state index contributed by atoms with van der Waals surface area (Å²) in [6, 6.07) is 13.1. The number of benzene rings is 2. The first-order chi connectivity index (χ1) is 19.3. The Morgan fingerprint density at radius 2 is 1.62 bits per heavy atom. The Labute approximate surface area is 234 Å². The molecule has 3 heterocycles. The van der Waals surface area contributed by atoms with Crippen molar-refractivity contribution in [1.82, 2.24) is 4.90 Å². The second-order valence-corrected chi connectivity index (χ2v) is 10.9. The van der Waals surface area contributed by atoms with Crippen LogP contribution in [0.5, 0.6) is 11.5 Å².